The third-order valence-corrected chi connectivity index (χ3v) is 4.86. The summed E-state index contributed by atoms with van der Waals surface area (Å²) in [6.45, 7) is 5.03. The third-order valence-electron chi connectivity index (χ3n) is 4.86. The second kappa shape index (κ2) is 3.02. The summed E-state index contributed by atoms with van der Waals surface area (Å²) in [5.74, 6) is -0.724. The molecule has 0 aromatic carbocycles. The van der Waals surface area contributed by atoms with E-state index in [4.69, 9.17) is 4.74 Å². The number of Topliss-reactive ketones (excluding diaryl/α,β-unsaturated/α-hetero) is 2. The van der Waals surface area contributed by atoms with Crippen molar-refractivity contribution >= 4 is 17.5 Å². The molecule has 4 bridgehead atoms. The molecule has 0 aromatic rings. The molecule has 0 radical (unpaired) electrons. The molecule has 3 saturated heterocycles. The van der Waals surface area contributed by atoms with Crippen LogP contribution in [-0.2, 0) is 19.1 Å². The highest BCUT2D eigenvalue weighted by molar-refractivity contribution is 6.21. The van der Waals surface area contributed by atoms with Crippen LogP contribution >= 0.6 is 0 Å². The van der Waals surface area contributed by atoms with Gasteiger partial charge in [-0.25, -0.2) is 0 Å². The fraction of sp³-hybridized carbons (Fsp3) is 0.769. The summed E-state index contributed by atoms with van der Waals surface area (Å²) in [7, 11) is 1.30. The Kier molecular flexibility index (Phi) is 1.98. The van der Waals surface area contributed by atoms with Crippen LogP contribution in [0.2, 0.25) is 0 Å². The summed E-state index contributed by atoms with van der Waals surface area (Å²) in [6.07, 6.45) is 0.302. The standard InChI is InChI=1S/C13H17NO4/c1-11-4-13(10(17)18-3)7-14(5-11)6-12(2,8(11)15)9(13)16/h4-7H2,1-3H3. The second-order valence-electron chi connectivity index (χ2n) is 6.45. The van der Waals surface area contributed by atoms with Crippen LogP contribution in [0.25, 0.3) is 0 Å². The first kappa shape index (κ1) is 11.8. The van der Waals surface area contributed by atoms with E-state index >= 15 is 0 Å². The topological polar surface area (TPSA) is 63.7 Å². The van der Waals surface area contributed by atoms with E-state index in [1.807, 2.05) is 6.92 Å². The van der Waals surface area contributed by atoms with Gasteiger partial charge in [0.25, 0.3) is 0 Å². The Hall–Kier alpha value is -1.23. The number of rotatable bonds is 1. The third kappa shape index (κ3) is 1.04. The highest BCUT2D eigenvalue weighted by Crippen LogP contribution is 2.57. The van der Waals surface area contributed by atoms with Crippen LogP contribution in [0, 0.1) is 16.2 Å². The first-order valence-corrected chi connectivity index (χ1v) is 6.19. The highest BCUT2D eigenvalue weighted by Gasteiger charge is 2.72. The number of nitrogens with zero attached hydrogens (tertiary/aromatic N) is 1. The van der Waals surface area contributed by atoms with E-state index in [0.29, 0.717) is 26.1 Å². The molecule has 1 aliphatic carbocycles. The van der Waals surface area contributed by atoms with Gasteiger partial charge in [0.15, 0.2) is 11.6 Å². The minimum atomic E-state index is -1.12. The molecule has 98 valence electrons. The van der Waals surface area contributed by atoms with Crippen molar-refractivity contribution in [3.63, 3.8) is 0 Å². The largest absolute Gasteiger partial charge is 0.468 e. The van der Waals surface area contributed by atoms with Crippen molar-refractivity contribution in [1.82, 2.24) is 4.90 Å². The molecule has 5 nitrogen and oxygen atoms in total. The van der Waals surface area contributed by atoms with Gasteiger partial charge < -0.3 is 4.74 Å². The summed E-state index contributed by atoms with van der Waals surface area (Å²) < 4.78 is 4.83. The van der Waals surface area contributed by atoms with Crippen LogP contribution in [0.15, 0.2) is 0 Å². The molecule has 3 aliphatic heterocycles. The van der Waals surface area contributed by atoms with Gasteiger partial charge in [-0.05, 0) is 13.3 Å². The van der Waals surface area contributed by atoms with Crippen molar-refractivity contribution in [1.29, 1.82) is 0 Å². The molecule has 1 saturated carbocycles. The van der Waals surface area contributed by atoms with Gasteiger partial charge in [-0.1, -0.05) is 6.92 Å². The van der Waals surface area contributed by atoms with Crippen LogP contribution < -0.4 is 0 Å². The fourth-order valence-corrected chi connectivity index (χ4v) is 4.44. The number of ketones is 2. The smallest absolute Gasteiger partial charge is 0.320 e. The lowest BCUT2D eigenvalue weighted by Gasteiger charge is -2.62. The Labute approximate surface area is 105 Å². The molecule has 0 N–H and O–H groups in total. The number of esters is 1. The van der Waals surface area contributed by atoms with E-state index in [2.05, 4.69) is 4.90 Å². The van der Waals surface area contributed by atoms with Gasteiger partial charge in [-0.2, -0.15) is 0 Å². The van der Waals surface area contributed by atoms with E-state index in [0.717, 1.165) is 0 Å². The molecule has 0 aromatic heterocycles. The number of methoxy groups -OCH3 is 1. The van der Waals surface area contributed by atoms with Crippen molar-refractivity contribution in [3.05, 3.63) is 0 Å². The Morgan fingerprint density at radius 3 is 2.44 bits per heavy atom. The zero-order valence-corrected chi connectivity index (χ0v) is 10.9. The molecular weight excluding hydrogens is 234 g/mol. The van der Waals surface area contributed by atoms with Crippen LogP contribution in [0.5, 0.6) is 0 Å². The zero-order chi connectivity index (χ0) is 13.3. The quantitative estimate of drug-likeness (QED) is 0.486. The van der Waals surface area contributed by atoms with Gasteiger partial charge >= 0.3 is 5.97 Å². The number of hydrogen-bond acceptors (Lipinski definition) is 5. The van der Waals surface area contributed by atoms with Crippen molar-refractivity contribution in [2.24, 2.45) is 16.2 Å². The van der Waals surface area contributed by atoms with Crippen LogP contribution in [0.3, 0.4) is 0 Å². The lowest BCUT2D eigenvalue weighted by atomic mass is 9.47. The molecule has 0 spiro atoms. The monoisotopic (exact) mass is 251 g/mol. The molecule has 18 heavy (non-hydrogen) atoms. The summed E-state index contributed by atoms with van der Waals surface area (Å²) >= 11 is 0. The summed E-state index contributed by atoms with van der Waals surface area (Å²) in [6, 6.07) is 0. The van der Waals surface area contributed by atoms with Crippen molar-refractivity contribution < 1.29 is 19.1 Å². The predicted molar refractivity (Wildman–Crippen MR) is 61.7 cm³/mol. The molecule has 5 heteroatoms. The molecule has 0 amide bonds. The maximum Gasteiger partial charge on any atom is 0.320 e. The van der Waals surface area contributed by atoms with E-state index < -0.39 is 22.2 Å². The van der Waals surface area contributed by atoms with Gasteiger partial charge in [0.1, 0.15) is 5.41 Å². The number of carbonyl (C=O) groups is 3. The van der Waals surface area contributed by atoms with Crippen LogP contribution in [0.1, 0.15) is 20.3 Å². The van der Waals surface area contributed by atoms with Gasteiger partial charge in [0.05, 0.1) is 12.5 Å². The van der Waals surface area contributed by atoms with E-state index in [1.54, 1.807) is 6.92 Å². The lowest BCUT2D eigenvalue weighted by molar-refractivity contribution is -0.196. The molecule has 4 unspecified atom stereocenters. The summed E-state index contributed by atoms with van der Waals surface area (Å²) in [5.41, 5.74) is -2.74. The predicted octanol–water partition coefficient (Wildman–Crippen LogP) is 0.0295. The SMILES string of the molecule is COC(=O)C12CN3CC(C)(C1)C(=O)C(C)(C3)C2=O. The number of carbonyl (C=O) groups excluding carboxylic acids is 3. The van der Waals surface area contributed by atoms with E-state index in [9.17, 15) is 14.4 Å². The van der Waals surface area contributed by atoms with Gasteiger partial charge in [-0.3, -0.25) is 19.3 Å². The van der Waals surface area contributed by atoms with Gasteiger partial charge in [-0.15, -0.1) is 0 Å². The minimum absolute atomic E-state index is 0.00419. The lowest BCUT2D eigenvalue weighted by Crippen LogP contribution is -2.77. The Morgan fingerprint density at radius 2 is 1.83 bits per heavy atom. The molecule has 4 fully saturated rings. The Bertz CT molecular complexity index is 487. The van der Waals surface area contributed by atoms with E-state index in [1.165, 1.54) is 7.11 Å². The second-order valence-corrected chi connectivity index (χ2v) is 6.45. The first-order valence-electron chi connectivity index (χ1n) is 6.19. The van der Waals surface area contributed by atoms with Gasteiger partial charge in [0.2, 0.25) is 0 Å². The maximum atomic E-state index is 12.6. The molecule has 4 aliphatic rings. The Balaban J connectivity index is 2.18. The zero-order valence-electron chi connectivity index (χ0n) is 10.9. The first-order chi connectivity index (χ1) is 8.28. The number of hydrogen-bond donors (Lipinski definition) is 0. The van der Waals surface area contributed by atoms with Crippen LogP contribution in [-0.4, -0.2) is 49.2 Å². The highest BCUT2D eigenvalue weighted by atomic mass is 16.5. The molecular formula is C13H17NO4. The summed E-state index contributed by atoms with van der Waals surface area (Å²) in [4.78, 5) is 39.2. The van der Waals surface area contributed by atoms with E-state index in [-0.39, 0.29) is 11.6 Å². The van der Waals surface area contributed by atoms with Crippen LogP contribution in [0.4, 0.5) is 0 Å². The number of piperidine rings is 3. The maximum absolute atomic E-state index is 12.6. The van der Waals surface area contributed by atoms with Crippen molar-refractivity contribution in [2.75, 3.05) is 26.7 Å². The molecule has 4 atom stereocenters. The average molecular weight is 251 g/mol. The molecule has 3 heterocycles. The summed E-state index contributed by atoms with van der Waals surface area (Å²) in [5, 5.41) is 0. The van der Waals surface area contributed by atoms with Gasteiger partial charge in [0, 0.05) is 25.0 Å². The number of ether oxygens (including phenoxy) is 1. The van der Waals surface area contributed by atoms with Crippen molar-refractivity contribution in [3.8, 4) is 0 Å². The average Bonchev–Trinajstić information content (AvgIpc) is 2.31. The van der Waals surface area contributed by atoms with Crippen molar-refractivity contribution in [2.45, 2.75) is 20.3 Å². The Morgan fingerprint density at radius 1 is 1.17 bits per heavy atom. The molecule has 4 rings (SSSR count). The fourth-order valence-electron chi connectivity index (χ4n) is 4.44. The minimum Gasteiger partial charge on any atom is -0.468 e. The normalized spacial score (nSPS) is 49.6.